The predicted octanol–water partition coefficient (Wildman–Crippen LogP) is 1.08. The molecular formula is C13H15N3O2Y-2. The number of hydrogen-bond acceptors (Lipinski definition) is 3. The first kappa shape index (κ1) is 16.3. The fourth-order valence-corrected chi connectivity index (χ4v) is 2.20. The van der Waals surface area contributed by atoms with Gasteiger partial charge in [-0.1, -0.05) is 6.07 Å². The molecule has 1 unspecified atom stereocenters. The summed E-state index contributed by atoms with van der Waals surface area (Å²) in [6, 6.07) is 5.45. The predicted molar refractivity (Wildman–Crippen MR) is 68.7 cm³/mol. The summed E-state index contributed by atoms with van der Waals surface area (Å²) in [6.07, 6.45) is 0.923. The number of carbonyl (C=O) groups excluding carboxylic acids is 2. The van der Waals surface area contributed by atoms with Crippen molar-refractivity contribution in [3.63, 3.8) is 0 Å². The monoisotopic (exact) mass is 334 g/mol. The van der Waals surface area contributed by atoms with Gasteiger partial charge in [0.15, 0.2) is 0 Å². The summed E-state index contributed by atoms with van der Waals surface area (Å²) in [4.78, 5) is 22.4. The fraction of sp³-hybridized carbons (Fsp3) is 0.308. The Bertz CT molecular complexity index is 519. The summed E-state index contributed by atoms with van der Waals surface area (Å²) in [7, 11) is 0. The zero-order valence-electron chi connectivity index (χ0n) is 10.5. The summed E-state index contributed by atoms with van der Waals surface area (Å²) in [6.45, 7) is 3.78. The third-order valence-electron chi connectivity index (χ3n) is 3.21. The summed E-state index contributed by atoms with van der Waals surface area (Å²) in [5.74, 6) is -0.906. The van der Waals surface area contributed by atoms with Crippen LogP contribution in [0.1, 0.15) is 11.1 Å². The maximum atomic E-state index is 11.3. The number of nitrogens with one attached hydrogen (secondary N) is 2. The van der Waals surface area contributed by atoms with Crippen LogP contribution in [0.4, 0.5) is 5.69 Å². The second-order valence-corrected chi connectivity index (χ2v) is 4.70. The molecule has 0 bridgehead atoms. The van der Waals surface area contributed by atoms with E-state index < -0.39 is 11.3 Å². The van der Waals surface area contributed by atoms with E-state index >= 15 is 0 Å². The molecule has 0 saturated carbocycles. The number of anilines is 1. The number of benzene rings is 1. The molecule has 19 heavy (non-hydrogen) atoms. The van der Waals surface area contributed by atoms with Crippen LogP contribution in [0.5, 0.6) is 0 Å². The van der Waals surface area contributed by atoms with Crippen LogP contribution in [0.15, 0.2) is 18.2 Å². The number of carbonyl (C=O) groups is 2. The second-order valence-electron chi connectivity index (χ2n) is 4.70. The third kappa shape index (κ3) is 3.41. The van der Waals surface area contributed by atoms with Crippen molar-refractivity contribution in [1.29, 1.82) is 0 Å². The average molecular weight is 334 g/mol. The minimum atomic E-state index is -0.876. The van der Waals surface area contributed by atoms with Gasteiger partial charge in [0, 0.05) is 44.3 Å². The molecule has 1 aliphatic rings. The largest absolute Gasteiger partial charge is 0.670 e. The maximum Gasteiger partial charge on any atom is 0.238 e. The molecule has 6 heteroatoms. The van der Waals surface area contributed by atoms with Gasteiger partial charge in [-0.3, -0.25) is 4.79 Å². The Labute approximate surface area is 137 Å². The third-order valence-corrected chi connectivity index (χ3v) is 3.21. The van der Waals surface area contributed by atoms with Crippen molar-refractivity contribution in [2.24, 2.45) is 11.1 Å². The molecule has 1 aromatic rings. The Morgan fingerprint density at radius 2 is 2.00 bits per heavy atom. The van der Waals surface area contributed by atoms with Crippen LogP contribution < -0.4 is 11.1 Å². The van der Waals surface area contributed by atoms with Crippen LogP contribution in [0, 0.1) is 12.3 Å². The van der Waals surface area contributed by atoms with E-state index in [0.717, 1.165) is 11.1 Å². The minimum Gasteiger partial charge on any atom is -0.670 e. The summed E-state index contributed by atoms with van der Waals surface area (Å²) < 4.78 is 0. The van der Waals surface area contributed by atoms with Crippen molar-refractivity contribution in [1.82, 2.24) is 0 Å². The minimum absolute atomic E-state index is 0. The number of hydrogen-bond donors (Lipinski definition) is 2. The first-order chi connectivity index (χ1) is 8.44. The van der Waals surface area contributed by atoms with Crippen molar-refractivity contribution < 1.29 is 42.3 Å². The van der Waals surface area contributed by atoms with Crippen LogP contribution in [-0.4, -0.2) is 18.4 Å². The number of fused-ring (bicyclic) bond motifs is 1. The average Bonchev–Trinajstić information content (AvgIpc) is 2.66. The Kier molecular flexibility index (Phi) is 5.24. The van der Waals surface area contributed by atoms with E-state index in [-0.39, 0.29) is 45.2 Å². The number of rotatable bonds is 3. The van der Waals surface area contributed by atoms with Gasteiger partial charge in [-0.25, -0.2) is 0 Å². The van der Waals surface area contributed by atoms with Gasteiger partial charge in [0.2, 0.25) is 5.91 Å². The quantitative estimate of drug-likeness (QED) is 0.810. The molecule has 2 rings (SSSR count). The van der Waals surface area contributed by atoms with Gasteiger partial charge in [-0.15, -0.1) is 5.41 Å². The van der Waals surface area contributed by atoms with Crippen LogP contribution in [0.2, 0.25) is 0 Å². The molecule has 99 valence electrons. The van der Waals surface area contributed by atoms with E-state index in [0.29, 0.717) is 18.5 Å². The van der Waals surface area contributed by atoms with Crippen LogP contribution >= 0.6 is 0 Å². The normalized spacial score (nSPS) is 20.3. The molecule has 0 saturated heterocycles. The summed E-state index contributed by atoms with van der Waals surface area (Å²) in [5, 5.41) is 2.66. The van der Waals surface area contributed by atoms with Gasteiger partial charge >= 0.3 is 0 Å². The molecule has 0 aromatic heterocycles. The Hall–Kier alpha value is -0.776. The van der Waals surface area contributed by atoms with Gasteiger partial charge in [0.05, 0.1) is 6.54 Å². The van der Waals surface area contributed by atoms with E-state index in [4.69, 9.17) is 11.5 Å². The Morgan fingerprint density at radius 3 is 2.58 bits per heavy atom. The van der Waals surface area contributed by atoms with Gasteiger partial charge in [-0.2, -0.15) is 0 Å². The molecule has 1 aliphatic carbocycles. The molecule has 1 aromatic carbocycles. The first-order valence-corrected chi connectivity index (χ1v) is 5.68. The molecule has 4 N–H and O–H groups in total. The zero-order valence-corrected chi connectivity index (χ0v) is 13.4. The fourth-order valence-electron chi connectivity index (χ4n) is 2.20. The Morgan fingerprint density at radius 1 is 1.37 bits per heavy atom. The van der Waals surface area contributed by atoms with Crippen LogP contribution in [0.3, 0.4) is 0 Å². The maximum absolute atomic E-state index is 11.3. The molecule has 1 radical (unpaired) electrons. The molecule has 5 nitrogen and oxygen atoms in total. The molecule has 1 atom stereocenters. The van der Waals surface area contributed by atoms with Crippen molar-refractivity contribution in [2.45, 2.75) is 12.8 Å². The van der Waals surface area contributed by atoms with E-state index in [1.807, 2.05) is 12.1 Å². The van der Waals surface area contributed by atoms with Crippen LogP contribution in [0.25, 0.3) is 5.73 Å². The molecule has 2 amide bonds. The first-order valence-electron chi connectivity index (χ1n) is 5.68. The topological polar surface area (TPSA) is 96.0 Å². The number of nitrogens with two attached hydrogens (primary N) is 1. The SMILES string of the molecule is [CH2-]C1(C([NH-])=O)Cc2ccc(NC(=O)CN)cc2C1.[Y]. The van der Waals surface area contributed by atoms with Gasteiger partial charge in [0.25, 0.3) is 0 Å². The van der Waals surface area contributed by atoms with Gasteiger partial charge in [-0.05, 0) is 36.1 Å². The van der Waals surface area contributed by atoms with Crippen molar-refractivity contribution in [2.75, 3.05) is 11.9 Å². The van der Waals surface area contributed by atoms with Crippen LogP contribution in [-0.2, 0) is 55.1 Å². The molecule has 0 fully saturated rings. The van der Waals surface area contributed by atoms with E-state index in [1.165, 1.54) is 0 Å². The number of amides is 2. The molecule has 0 heterocycles. The second kappa shape index (κ2) is 6.12. The smallest absolute Gasteiger partial charge is 0.238 e. The summed E-state index contributed by atoms with van der Waals surface area (Å²) in [5.41, 5.74) is 14.2. The standard InChI is InChI=1S/C13H16N3O2.Y/c1-13(12(15)18)5-8-2-3-10(4-9(8)6-13)16-11(17)7-14;/h2-4H,1,5-7,14H2,(H3,15,16,17,18);/q-1;/p-1. The summed E-state index contributed by atoms with van der Waals surface area (Å²) >= 11 is 0. The van der Waals surface area contributed by atoms with Gasteiger partial charge in [0.1, 0.15) is 0 Å². The van der Waals surface area contributed by atoms with Crippen molar-refractivity contribution in [3.05, 3.63) is 42.0 Å². The van der Waals surface area contributed by atoms with Crippen molar-refractivity contribution >= 4 is 17.5 Å². The van der Waals surface area contributed by atoms with E-state index in [2.05, 4.69) is 12.2 Å². The van der Waals surface area contributed by atoms with E-state index in [9.17, 15) is 9.59 Å². The molecular weight excluding hydrogens is 319 g/mol. The Balaban J connectivity index is 0.00000180. The zero-order chi connectivity index (χ0) is 13.3. The van der Waals surface area contributed by atoms with E-state index in [1.54, 1.807) is 6.07 Å². The molecule has 0 aliphatic heterocycles. The van der Waals surface area contributed by atoms with Crippen molar-refractivity contribution in [3.8, 4) is 0 Å². The van der Waals surface area contributed by atoms with Gasteiger partial charge < -0.3 is 28.5 Å². The molecule has 0 spiro atoms.